The standard InChI is InChI=1S/C7H14N2.C2H3N.FHO3S/c1-3-4-9-6-5-8(2)7-9;1-2-3;1-5(2,3)4/h5-6H,3-4,7H2,1-2H3;1H3;(H,2,3,4). The van der Waals surface area contributed by atoms with E-state index in [1.54, 1.807) is 6.07 Å². The van der Waals surface area contributed by atoms with E-state index in [1.165, 1.54) is 19.9 Å². The van der Waals surface area contributed by atoms with Gasteiger partial charge in [-0.2, -0.15) is 13.7 Å². The molecular formula is C9H18FN3O3S. The summed E-state index contributed by atoms with van der Waals surface area (Å²) in [7, 11) is -3.08. The first kappa shape index (κ1) is 18.0. The minimum atomic E-state index is -5.17. The van der Waals surface area contributed by atoms with Gasteiger partial charge in [0.15, 0.2) is 0 Å². The molecule has 0 saturated heterocycles. The Morgan fingerprint density at radius 2 is 1.94 bits per heavy atom. The molecule has 0 saturated carbocycles. The quantitative estimate of drug-likeness (QED) is 0.600. The highest BCUT2D eigenvalue weighted by Crippen LogP contribution is 2.02. The van der Waals surface area contributed by atoms with Crippen LogP contribution in [0.5, 0.6) is 0 Å². The molecule has 100 valence electrons. The smallest absolute Gasteiger partial charge is 0.362 e. The van der Waals surface area contributed by atoms with Gasteiger partial charge in [-0.15, -0.1) is 0 Å². The molecule has 17 heavy (non-hydrogen) atoms. The van der Waals surface area contributed by atoms with Crippen LogP contribution in [0.25, 0.3) is 0 Å². The maximum Gasteiger partial charge on any atom is 0.435 e. The van der Waals surface area contributed by atoms with Crippen molar-refractivity contribution in [2.45, 2.75) is 20.3 Å². The van der Waals surface area contributed by atoms with Crippen LogP contribution in [-0.2, 0) is 10.5 Å². The third-order valence-corrected chi connectivity index (χ3v) is 1.45. The van der Waals surface area contributed by atoms with Gasteiger partial charge in [0, 0.05) is 32.9 Å². The van der Waals surface area contributed by atoms with E-state index in [1.807, 2.05) is 0 Å². The molecule has 8 heteroatoms. The first-order chi connectivity index (χ1) is 7.74. The Bertz CT molecular complexity index is 343. The molecule has 0 radical (unpaired) electrons. The predicted octanol–water partition coefficient (Wildman–Crippen LogP) is 1.36. The van der Waals surface area contributed by atoms with Gasteiger partial charge in [0.25, 0.3) is 0 Å². The largest absolute Gasteiger partial charge is 0.435 e. The number of rotatable bonds is 2. The zero-order chi connectivity index (χ0) is 13.9. The summed E-state index contributed by atoms with van der Waals surface area (Å²) in [5.41, 5.74) is 0. The van der Waals surface area contributed by atoms with Crippen molar-refractivity contribution >= 4 is 10.5 Å². The Morgan fingerprint density at radius 1 is 1.53 bits per heavy atom. The van der Waals surface area contributed by atoms with Gasteiger partial charge in [-0.25, -0.2) is 0 Å². The monoisotopic (exact) mass is 267 g/mol. The van der Waals surface area contributed by atoms with Gasteiger partial charge >= 0.3 is 10.5 Å². The van der Waals surface area contributed by atoms with Crippen molar-refractivity contribution in [3.05, 3.63) is 12.4 Å². The second-order valence-corrected chi connectivity index (χ2v) is 3.97. The van der Waals surface area contributed by atoms with Crippen molar-refractivity contribution in [2.24, 2.45) is 0 Å². The van der Waals surface area contributed by atoms with Gasteiger partial charge in [-0.05, 0) is 6.42 Å². The Hall–Kier alpha value is -1.33. The average molecular weight is 267 g/mol. The van der Waals surface area contributed by atoms with Crippen molar-refractivity contribution < 1.29 is 16.9 Å². The average Bonchev–Trinajstić information content (AvgIpc) is 2.50. The topological polar surface area (TPSA) is 84.6 Å². The molecule has 1 heterocycles. The summed E-state index contributed by atoms with van der Waals surface area (Å²) in [5.74, 6) is 0. The highest BCUT2D eigenvalue weighted by molar-refractivity contribution is 7.80. The molecule has 6 nitrogen and oxygen atoms in total. The fourth-order valence-electron chi connectivity index (χ4n) is 1.02. The van der Waals surface area contributed by atoms with Gasteiger partial charge in [-0.3, -0.25) is 4.55 Å². The molecule has 1 rings (SSSR count). The minimum absolute atomic E-state index is 1.06. The summed E-state index contributed by atoms with van der Waals surface area (Å²) in [6.07, 6.45) is 5.48. The van der Waals surface area contributed by atoms with Gasteiger partial charge in [0.1, 0.15) is 0 Å². The van der Waals surface area contributed by atoms with E-state index in [2.05, 4.69) is 36.2 Å². The highest BCUT2D eigenvalue weighted by Gasteiger charge is 2.04. The molecule has 0 aromatic carbocycles. The lowest BCUT2D eigenvalue weighted by atomic mass is 10.4. The maximum absolute atomic E-state index is 10.2. The predicted molar refractivity (Wildman–Crippen MR) is 62.7 cm³/mol. The molecule has 0 aromatic rings. The summed E-state index contributed by atoms with van der Waals surface area (Å²) in [4.78, 5) is 4.48. The SMILES string of the molecule is CC#N.CCCN1C=CN(C)C1.O=S(=O)(O)F. The first-order valence-corrected chi connectivity index (χ1v) is 6.19. The van der Waals surface area contributed by atoms with Crippen LogP contribution in [0.3, 0.4) is 0 Å². The molecule has 1 N–H and O–H groups in total. The fraction of sp³-hybridized carbons (Fsp3) is 0.667. The lowest BCUT2D eigenvalue weighted by Gasteiger charge is -2.16. The molecule has 0 bridgehead atoms. The summed E-state index contributed by atoms with van der Waals surface area (Å²) < 4.78 is 34.1. The Kier molecular flexibility index (Phi) is 10.5. The lowest BCUT2D eigenvalue weighted by Crippen LogP contribution is -2.22. The van der Waals surface area contributed by atoms with Gasteiger partial charge in [0.2, 0.25) is 0 Å². The van der Waals surface area contributed by atoms with E-state index in [0.717, 1.165) is 6.67 Å². The van der Waals surface area contributed by atoms with E-state index in [4.69, 9.17) is 18.2 Å². The molecule has 0 unspecified atom stereocenters. The zero-order valence-electron chi connectivity index (χ0n) is 10.2. The number of hydrogen-bond acceptors (Lipinski definition) is 5. The number of halogens is 1. The summed E-state index contributed by atoms with van der Waals surface area (Å²) in [5, 5.41) is 7.32. The van der Waals surface area contributed by atoms with Gasteiger partial charge in [-0.1, -0.05) is 10.8 Å². The van der Waals surface area contributed by atoms with E-state index in [9.17, 15) is 3.89 Å². The third kappa shape index (κ3) is 20.7. The van der Waals surface area contributed by atoms with E-state index >= 15 is 0 Å². The Balaban J connectivity index is 0. The number of nitrogens with zero attached hydrogens (tertiary/aromatic N) is 3. The third-order valence-electron chi connectivity index (χ3n) is 1.45. The highest BCUT2D eigenvalue weighted by atomic mass is 32.3. The van der Waals surface area contributed by atoms with Crippen LogP contribution in [0.2, 0.25) is 0 Å². The minimum Gasteiger partial charge on any atom is -0.362 e. The van der Waals surface area contributed by atoms with Crippen molar-refractivity contribution in [1.82, 2.24) is 9.80 Å². The molecule has 1 aliphatic rings. The van der Waals surface area contributed by atoms with Crippen LogP contribution in [0, 0.1) is 11.3 Å². The van der Waals surface area contributed by atoms with Crippen LogP contribution >= 0.6 is 0 Å². The number of nitriles is 1. The molecule has 0 spiro atoms. The van der Waals surface area contributed by atoms with Crippen molar-refractivity contribution in [1.29, 1.82) is 5.26 Å². The van der Waals surface area contributed by atoms with Crippen molar-refractivity contribution in [3.63, 3.8) is 0 Å². The fourth-order valence-corrected chi connectivity index (χ4v) is 1.02. The summed E-state index contributed by atoms with van der Waals surface area (Å²) >= 11 is 0. The molecular weight excluding hydrogens is 249 g/mol. The van der Waals surface area contributed by atoms with Crippen LogP contribution in [0.15, 0.2) is 12.4 Å². The summed E-state index contributed by atoms with van der Waals surface area (Å²) in [6, 6.07) is 1.75. The van der Waals surface area contributed by atoms with E-state index < -0.39 is 10.5 Å². The summed E-state index contributed by atoms with van der Waals surface area (Å²) in [6.45, 7) is 5.88. The van der Waals surface area contributed by atoms with Crippen LogP contribution < -0.4 is 0 Å². The Labute approximate surface area is 102 Å². The number of hydrogen-bond donors (Lipinski definition) is 1. The molecule has 0 fully saturated rings. The second-order valence-electron chi connectivity index (χ2n) is 3.14. The van der Waals surface area contributed by atoms with E-state index in [0.29, 0.717) is 0 Å². The normalized spacial score (nSPS) is 13.2. The lowest BCUT2D eigenvalue weighted by molar-refractivity contribution is 0.297. The van der Waals surface area contributed by atoms with Crippen LogP contribution in [0.1, 0.15) is 20.3 Å². The Morgan fingerprint density at radius 3 is 2.18 bits per heavy atom. The maximum atomic E-state index is 10.2. The van der Waals surface area contributed by atoms with Crippen molar-refractivity contribution in [3.8, 4) is 6.07 Å². The molecule has 1 aliphatic heterocycles. The van der Waals surface area contributed by atoms with E-state index in [-0.39, 0.29) is 0 Å². The molecule has 0 amide bonds. The second kappa shape index (κ2) is 9.86. The molecule has 0 atom stereocenters. The van der Waals surface area contributed by atoms with Gasteiger partial charge in [0.05, 0.1) is 12.7 Å². The van der Waals surface area contributed by atoms with Crippen LogP contribution in [0.4, 0.5) is 3.89 Å². The van der Waals surface area contributed by atoms with Crippen molar-refractivity contribution in [2.75, 3.05) is 20.3 Å². The van der Waals surface area contributed by atoms with Crippen LogP contribution in [-0.4, -0.2) is 43.0 Å². The molecule has 0 aliphatic carbocycles. The zero-order valence-corrected chi connectivity index (χ0v) is 11.0. The van der Waals surface area contributed by atoms with Gasteiger partial charge < -0.3 is 9.80 Å². The first-order valence-electron chi connectivity index (χ1n) is 4.85. The molecule has 0 aromatic heterocycles.